The lowest BCUT2D eigenvalue weighted by molar-refractivity contribution is -0.123. The van der Waals surface area contributed by atoms with E-state index in [1.54, 1.807) is 11.8 Å². The van der Waals surface area contributed by atoms with Crippen molar-refractivity contribution in [3.05, 3.63) is 24.3 Å². The molecule has 1 aromatic carbocycles. The van der Waals surface area contributed by atoms with Crippen molar-refractivity contribution in [3.63, 3.8) is 0 Å². The molecule has 88 valence electrons. The molecule has 0 fully saturated rings. The Balaban J connectivity index is 2.84. The predicted molar refractivity (Wildman–Crippen MR) is 70.9 cm³/mol. The maximum absolute atomic E-state index is 11.9. The van der Waals surface area contributed by atoms with Crippen LogP contribution in [0.3, 0.4) is 0 Å². The molecule has 1 amide bonds. The Kier molecular flexibility index (Phi) is 4.42. The van der Waals surface area contributed by atoms with Gasteiger partial charge in [-0.25, -0.2) is 0 Å². The fourth-order valence-electron chi connectivity index (χ4n) is 1.16. The second kappa shape index (κ2) is 5.39. The molecule has 0 saturated carbocycles. The van der Waals surface area contributed by atoms with Crippen LogP contribution in [0, 0.1) is 5.41 Å². The molecule has 0 aliphatic heterocycles. The van der Waals surface area contributed by atoms with Gasteiger partial charge in [-0.2, -0.15) is 0 Å². The molecule has 0 radical (unpaired) electrons. The lowest BCUT2D eigenvalue weighted by Crippen LogP contribution is -2.27. The fraction of sp³-hybridized carbons (Fsp3) is 0.462. The summed E-state index contributed by atoms with van der Waals surface area (Å²) in [5.74, 6) is 1.05. The number of nitrogens with one attached hydrogen (secondary N) is 1. The molecule has 0 unspecified atom stereocenters. The first-order valence-electron chi connectivity index (χ1n) is 5.48. The van der Waals surface area contributed by atoms with Crippen molar-refractivity contribution in [2.24, 2.45) is 5.41 Å². The Morgan fingerprint density at radius 1 is 1.31 bits per heavy atom. The third-order valence-corrected chi connectivity index (χ3v) is 3.07. The SMILES string of the molecule is CCSc1ccccc1NC(=O)C(C)(C)C. The van der Waals surface area contributed by atoms with Gasteiger partial charge < -0.3 is 5.32 Å². The molecule has 0 aromatic heterocycles. The van der Waals surface area contributed by atoms with Crippen LogP contribution < -0.4 is 5.32 Å². The first-order valence-corrected chi connectivity index (χ1v) is 6.47. The van der Waals surface area contributed by atoms with E-state index in [-0.39, 0.29) is 11.3 Å². The summed E-state index contributed by atoms with van der Waals surface area (Å²) in [7, 11) is 0. The number of amides is 1. The van der Waals surface area contributed by atoms with Gasteiger partial charge in [0.2, 0.25) is 5.91 Å². The molecule has 0 aliphatic rings. The van der Waals surface area contributed by atoms with E-state index in [1.807, 2.05) is 45.0 Å². The minimum Gasteiger partial charge on any atom is -0.325 e. The highest BCUT2D eigenvalue weighted by Gasteiger charge is 2.21. The van der Waals surface area contributed by atoms with Gasteiger partial charge in [-0.3, -0.25) is 4.79 Å². The van der Waals surface area contributed by atoms with E-state index in [2.05, 4.69) is 12.2 Å². The first kappa shape index (κ1) is 13.1. The van der Waals surface area contributed by atoms with E-state index < -0.39 is 0 Å². The second-order valence-corrected chi connectivity index (χ2v) is 5.94. The molecule has 0 atom stereocenters. The van der Waals surface area contributed by atoms with E-state index in [1.165, 1.54) is 0 Å². The van der Waals surface area contributed by atoms with Crippen LogP contribution in [0.1, 0.15) is 27.7 Å². The molecule has 0 aliphatic carbocycles. The summed E-state index contributed by atoms with van der Waals surface area (Å²) in [5.41, 5.74) is 0.554. The molecule has 1 aromatic rings. The molecule has 1 N–H and O–H groups in total. The lowest BCUT2D eigenvalue weighted by Gasteiger charge is -2.19. The summed E-state index contributed by atoms with van der Waals surface area (Å²) < 4.78 is 0. The van der Waals surface area contributed by atoms with Crippen LogP contribution in [-0.4, -0.2) is 11.7 Å². The number of thioether (sulfide) groups is 1. The number of hydrogen-bond donors (Lipinski definition) is 1. The number of carbonyl (C=O) groups excluding carboxylic acids is 1. The molecular formula is C13H19NOS. The Bertz CT molecular complexity index is 368. The van der Waals surface area contributed by atoms with E-state index in [9.17, 15) is 4.79 Å². The Labute approximate surface area is 102 Å². The summed E-state index contributed by atoms with van der Waals surface area (Å²) in [6.45, 7) is 7.85. The quantitative estimate of drug-likeness (QED) is 0.810. The Hall–Kier alpha value is -0.960. The maximum Gasteiger partial charge on any atom is 0.229 e. The van der Waals surface area contributed by atoms with Crippen molar-refractivity contribution >= 4 is 23.4 Å². The first-order chi connectivity index (χ1) is 7.45. The van der Waals surface area contributed by atoms with Crippen LogP contribution >= 0.6 is 11.8 Å². The Morgan fingerprint density at radius 3 is 2.50 bits per heavy atom. The normalized spacial score (nSPS) is 11.2. The topological polar surface area (TPSA) is 29.1 Å². The highest BCUT2D eigenvalue weighted by molar-refractivity contribution is 7.99. The van der Waals surface area contributed by atoms with E-state index >= 15 is 0 Å². The standard InChI is InChI=1S/C13H19NOS/c1-5-16-11-9-7-6-8-10(11)14-12(15)13(2,3)4/h6-9H,5H2,1-4H3,(H,14,15). The fourth-order valence-corrected chi connectivity index (χ4v) is 1.92. The van der Waals surface area contributed by atoms with Crippen LogP contribution in [0.5, 0.6) is 0 Å². The molecule has 0 spiro atoms. The minimum absolute atomic E-state index is 0.0525. The van der Waals surface area contributed by atoms with Gasteiger partial charge in [0.25, 0.3) is 0 Å². The average Bonchev–Trinajstić information content (AvgIpc) is 2.20. The van der Waals surface area contributed by atoms with Crippen molar-refractivity contribution in [1.82, 2.24) is 0 Å². The summed E-state index contributed by atoms with van der Waals surface area (Å²) in [5, 5.41) is 2.98. The third-order valence-electron chi connectivity index (χ3n) is 2.12. The Morgan fingerprint density at radius 2 is 1.94 bits per heavy atom. The molecule has 16 heavy (non-hydrogen) atoms. The second-order valence-electron chi connectivity index (χ2n) is 4.63. The van der Waals surface area contributed by atoms with E-state index in [0.717, 1.165) is 16.3 Å². The number of anilines is 1. The molecule has 2 nitrogen and oxygen atoms in total. The summed E-state index contributed by atoms with van der Waals surface area (Å²) in [4.78, 5) is 13.0. The molecule has 0 heterocycles. The van der Waals surface area contributed by atoms with Gasteiger partial charge in [0.15, 0.2) is 0 Å². The summed E-state index contributed by atoms with van der Waals surface area (Å²) in [6, 6.07) is 7.91. The van der Waals surface area contributed by atoms with E-state index in [4.69, 9.17) is 0 Å². The van der Waals surface area contributed by atoms with Crippen LogP contribution in [0.2, 0.25) is 0 Å². The molecule has 0 saturated heterocycles. The number of rotatable bonds is 3. The van der Waals surface area contributed by atoms with Gasteiger partial charge in [-0.1, -0.05) is 39.8 Å². The van der Waals surface area contributed by atoms with Crippen LogP contribution in [0.25, 0.3) is 0 Å². The van der Waals surface area contributed by atoms with Crippen molar-refractivity contribution in [3.8, 4) is 0 Å². The number of para-hydroxylation sites is 1. The summed E-state index contributed by atoms with van der Waals surface area (Å²) in [6.07, 6.45) is 0. The van der Waals surface area contributed by atoms with Crippen molar-refractivity contribution in [2.45, 2.75) is 32.6 Å². The van der Waals surface area contributed by atoms with Gasteiger partial charge in [0.05, 0.1) is 5.69 Å². The van der Waals surface area contributed by atoms with Gasteiger partial charge >= 0.3 is 0 Å². The van der Waals surface area contributed by atoms with Crippen molar-refractivity contribution < 1.29 is 4.79 Å². The van der Waals surface area contributed by atoms with Gasteiger partial charge in [0, 0.05) is 10.3 Å². The lowest BCUT2D eigenvalue weighted by atomic mass is 9.95. The van der Waals surface area contributed by atoms with Gasteiger partial charge in [0.1, 0.15) is 0 Å². The molecular weight excluding hydrogens is 218 g/mol. The highest BCUT2D eigenvalue weighted by Crippen LogP contribution is 2.28. The zero-order valence-corrected chi connectivity index (χ0v) is 11.1. The molecule has 3 heteroatoms. The third kappa shape index (κ3) is 3.56. The minimum atomic E-state index is -0.357. The smallest absolute Gasteiger partial charge is 0.229 e. The molecule has 0 bridgehead atoms. The summed E-state index contributed by atoms with van der Waals surface area (Å²) >= 11 is 1.74. The monoisotopic (exact) mass is 237 g/mol. The van der Waals surface area contributed by atoms with Crippen molar-refractivity contribution in [1.29, 1.82) is 0 Å². The number of carbonyl (C=O) groups is 1. The number of hydrogen-bond acceptors (Lipinski definition) is 2. The molecule has 1 rings (SSSR count). The predicted octanol–water partition coefficient (Wildman–Crippen LogP) is 3.78. The van der Waals surface area contributed by atoms with Gasteiger partial charge in [-0.15, -0.1) is 11.8 Å². The van der Waals surface area contributed by atoms with Gasteiger partial charge in [-0.05, 0) is 17.9 Å². The largest absolute Gasteiger partial charge is 0.325 e. The zero-order valence-electron chi connectivity index (χ0n) is 10.3. The van der Waals surface area contributed by atoms with Crippen LogP contribution in [0.15, 0.2) is 29.2 Å². The highest BCUT2D eigenvalue weighted by atomic mass is 32.2. The average molecular weight is 237 g/mol. The van der Waals surface area contributed by atoms with E-state index in [0.29, 0.717) is 0 Å². The zero-order chi connectivity index (χ0) is 12.2. The van der Waals surface area contributed by atoms with Crippen LogP contribution in [-0.2, 0) is 4.79 Å². The van der Waals surface area contributed by atoms with Crippen molar-refractivity contribution in [2.75, 3.05) is 11.1 Å². The van der Waals surface area contributed by atoms with Crippen LogP contribution in [0.4, 0.5) is 5.69 Å². The maximum atomic E-state index is 11.9. The number of benzene rings is 1.